The van der Waals surface area contributed by atoms with Crippen molar-refractivity contribution >= 4 is 17.0 Å². The van der Waals surface area contributed by atoms with E-state index in [1.807, 2.05) is 18.2 Å². The first-order valence-corrected chi connectivity index (χ1v) is 7.37. The molecule has 0 amide bonds. The Labute approximate surface area is 123 Å². The molecule has 0 saturated carbocycles. The van der Waals surface area contributed by atoms with Gasteiger partial charge < -0.3 is 9.88 Å². The summed E-state index contributed by atoms with van der Waals surface area (Å²) in [4.78, 5) is 19.2. The van der Waals surface area contributed by atoms with Crippen LogP contribution < -0.4 is 4.90 Å². The maximum atomic E-state index is 4.74. The highest BCUT2D eigenvalue weighted by molar-refractivity contribution is 5.74. The van der Waals surface area contributed by atoms with Crippen LogP contribution in [0.3, 0.4) is 0 Å². The van der Waals surface area contributed by atoms with Gasteiger partial charge in [0.15, 0.2) is 0 Å². The number of nitrogens with zero attached hydrogens (tertiary/aromatic N) is 4. The summed E-state index contributed by atoms with van der Waals surface area (Å²) in [5, 5.41) is 0. The minimum Gasteiger partial charge on any atom is -0.342 e. The summed E-state index contributed by atoms with van der Waals surface area (Å²) in [7, 11) is 0. The van der Waals surface area contributed by atoms with Gasteiger partial charge >= 0.3 is 0 Å². The molecule has 1 aromatic carbocycles. The summed E-state index contributed by atoms with van der Waals surface area (Å²) >= 11 is 0. The summed E-state index contributed by atoms with van der Waals surface area (Å²) in [6.07, 6.45) is 5.89. The molecule has 3 aromatic rings. The average molecular weight is 279 g/mol. The van der Waals surface area contributed by atoms with Gasteiger partial charge in [0.2, 0.25) is 5.95 Å². The zero-order chi connectivity index (χ0) is 14.1. The van der Waals surface area contributed by atoms with Crippen molar-refractivity contribution in [2.75, 3.05) is 18.0 Å². The van der Waals surface area contributed by atoms with Crippen LogP contribution >= 0.6 is 0 Å². The van der Waals surface area contributed by atoms with E-state index < -0.39 is 0 Å². The summed E-state index contributed by atoms with van der Waals surface area (Å²) in [5.74, 6) is 2.31. The Morgan fingerprint density at radius 1 is 1.10 bits per heavy atom. The van der Waals surface area contributed by atoms with Crippen LogP contribution in [0, 0.1) is 0 Å². The lowest BCUT2D eigenvalue weighted by atomic mass is 9.98. The number of aromatic nitrogens is 4. The van der Waals surface area contributed by atoms with Crippen molar-refractivity contribution in [1.29, 1.82) is 0 Å². The lowest BCUT2D eigenvalue weighted by molar-refractivity contribution is 0.489. The molecule has 2 aromatic heterocycles. The molecule has 1 atom stereocenters. The second-order valence-corrected chi connectivity index (χ2v) is 5.47. The normalized spacial score (nSPS) is 19.0. The fraction of sp³-hybridized carbons (Fsp3) is 0.312. The zero-order valence-corrected chi connectivity index (χ0v) is 11.7. The Balaban J connectivity index is 1.60. The Morgan fingerprint density at radius 2 is 1.95 bits per heavy atom. The van der Waals surface area contributed by atoms with E-state index in [0.717, 1.165) is 48.7 Å². The summed E-state index contributed by atoms with van der Waals surface area (Å²) in [6.45, 7) is 1.94. The fourth-order valence-electron chi connectivity index (χ4n) is 3.00. The van der Waals surface area contributed by atoms with Gasteiger partial charge in [-0.3, -0.25) is 0 Å². The Hall–Kier alpha value is -2.43. The molecule has 4 rings (SSSR count). The number of hydrogen-bond acceptors (Lipinski definition) is 4. The van der Waals surface area contributed by atoms with Crippen molar-refractivity contribution in [3.05, 3.63) is 48.5 Å². The van der Waals surface area contributed by atoms with Crippen LogP contribution in [0.4, 0.5) is 5.95 Å². The molecule has 1 fully saturated rings. The number of rotatable bonds is 2. The van der Waals surface area contributed by atoms with Gasteiger partial charge in [0.25, 0.3) is 0 Å². The van der Waals surface area contributed by atoms with E-state index in [-0.39, 0.29) is 0 Å². The molecule has 1 aliphatic heterocycles. The molecule has 0 bridgehead atoms. The van der Waals surface area contributed by atoms with E-state index in [1.54, 1.807) is 12.4 Å². The molecule has 0 aliphatic carbocycles. The third-order valence-electron chi connectivity index (χ3n) is 4.05. The van der Waals surface area contributed by atoms with Crippen molar-refractivity contribution in [3.63, 3.8) is 0 Å². The molecule has 5 heteroatoms. The first kappa shape index (κ1) is 12.3. The lowest BCUT2D eigenvalue weighted by Crippen LogP contribution is -2.35. The van der Waals surface area contributed by atoms with Crippen LogP contribution in [0.1, 0.15) is 24.6 Å². The number of aromatic amines is 1. The number of nitrogens with one attached hydrogen (secondary N) is 1. The smallest absolute Gasteiger partial charge is 0.225 e. The van der Waals surface area contributed by atoms with E-state index in [2.05, 4.69) is 32.0 Å². The van der Waals surface area contributed by atoms with Gasteiger partial charge in [-0.2, -0.15) is 0 Å². The zero-order valence-electron chi connectivity index (χ0n) is 11.7. The molecular weight excluding hydrogens is 262 g/mol. The molecule has 1 aliphatic rings. The largest absolute Gasteiger partial charge is 0.342 e. The van der Waals surface area contributed by atoms with Crippen molar-refractivity contribution in [2.24, 2.45) is 0 Å². The van der Waals surface area contributed by atoms with Gasteiger partial charge in [0.05, 0.1) is 11.0 Å². The fourth-order valence-corrected chi connectivity index (χ4v) is 3.00. The molecule has 0 radical (unpaired) electrons. The maximum absolute atomic E-state index is 4.74. The lowest BCUT2D eigenvalue weighted by Gasteiger charge is -2.31. The van der Waals surface area contributed by atoms with Crippen LogP contribution in [0.15, 0.2) is 42.7 Å². The van der Waals surface area contributed by atoms with Crippen molar-refractivity contribution < 1.29 is 0 Å². The molecular formula is C16H17N5. The van der Waals surface area contributed by atoms with E-state index in [9.17, 15) is 0 Å². The minimum absolute atomic E-state index is 0.412. The molecule has 1 N–H and O–H groups in total. The van der Waals surface area contributed by atoms with Crippen LogP contribution in [0.25, 0.3) is 11.0 Å². The van der Waals surface area contributed by atoms with E-state index in [4.69, 9.17) is 4.98 Å². The van der Waals surface area contributed by atoms with Crippen molar-refractivity contribution in [2.45, 2.75) is 18.8 Å². The SMILES string of the molecule is c1cnc(N2CCC[C@H](c3nc4ccccc4[nH]3)C2)nc1. The first-order valence-electron chi connectivity index (χ1n) is 7.37. The van der Waals surface area contributed by atoms with Gasteiger partial charge in [-0.15, -0.1) is 0 Å². The molecule has 5 nitrogen and oxygen atoms in total. The van der Waals surface area contributed by atoms with Gasteiger partial charge in [-0.1, -0.05) is 12.1 Å². The van der Waals surface area contributed by atoms with E-state index >= 15 is 0 Å². The van der Waals surface area contributed by atoms with Gasteiger partial charge in [-0.05, 0) is 31.0 Å². The van der Waals surface area contributed by atoms with E-state index in [1.165, 1.54) is 0 Å². The Kier molecular flexibility index (Phi) is 3.03. The number of H-pyrrole nitrogens is 1. The second kappa shape index (κ2) is 5.16. The second-order valence-electron chi connectivity index (χ2n) is 5.47. The molecule has 106 valence electrons. The van der Waals surface area contributed by atoms with Gasteiger partial charge in [0, 0.05) is 31.4 Å². The van der Waals surface area contributed by atoms with Crippen LogP contribution in [-0.2, 0) is 0 Å². The number of imidazole rings is 1. The average Bonchev–Trinajstić information content (AvgIpc) is 3.00. The number of anilines is 1. The number of piperidine rings is 1. The predicted octanol–water partition coefficient (Wildman–Crippen LogP) is 2.74. The minimum atomic E-state index is 0.412. The standard InChI is InChI=1S/C16H17N5/c1-2-7-14-13(6-1)19-15(20-14)12-5-3-10-21(11-12)16-17-8-4-9-18-16/h1-2,4,6-9,12H,3,5,10-11H2,(H,19,20)/t12-/m0/s1. The predicted molar refractivity (Wildman–Crippen MR) is 82.3 cm³/mol. The Bertz CT molecular complexity index is 704. The first-order chi connectivity index (χ1) is 10.4. The summed E-state index contributed by atoms with van der Waals surface area (Å²) in [5.41, 5.74) is 2.15. The molecule has 1 saturated heterocycles. The van der Waals surface area contributed by atoms with E-state index in [0.29, 0.717) is 5.92 Å². The summed E-state index contributed by atoms with van der Waals surface area (Å²) < 4.78 is 0. The van der Waals surface area contributed by atoms with Gasteiger partial charge in [0.1, 0.15) is 5.82 Å². The molecule has 0 unspecified atom stereocenters. The van der Waals surface area contributed by atoms with Crippen LogP contribution in [-0.4, -0.2) is 33.0 Å². The molecule has 0 spiro atoms. The summed E-state index contributed by atoms with van der Waals surface area (Å²) in [6, 6.07) is 10.0. The van der Waals surface area contributed by atoms with Crippen molar-refractivity contribution in [3.8, 4) is 0 Å². The number of hydrogen-bond donors (Lipinski definition) is 1. The number of para-hydroxylation sites is 2. The van der Waals surface area contributed by atoms with Crippen molar-refractivity contribution in [1.82, 2.24) is 19.9 Å². The quantitative estimate of drug-likeness (QED) is 0.783. The maximum Gasteiger partial charge on any atom is 0.225 e. The number of fused-ring (bicyclic) bond motifs is 1. The number of benzene rings is 1. The molecule has 3 heterocycles. The third kappa shape index (κ3) is 2.35. The monoisotopic (exact) mass is 279 g/mol. The highest BCUT2D eigenvalue weighted by Crippen LogP contribution is 2.28. The molecule has 21 heavy (non-hydrogen) atoms. The highest BCUT2D eigenvalue weighted by atomic mass is 15.3. The topological polar surface area (TPSA) is 57.7 Å². The third-order valence-corrected chi connectivity index (χ3v) is 4.05. The van der Waals surface area contributed by atoms with Crippen LogP contribution in [0.5, 0.6) is 0 Å². The van der Waals surface area contributed by atoms with Crippen LogP contribution in [0.2, 0.25) is 0 Å². The Morgan fingerprint density at radius 3 is 2.81 bits per heavy atom. The highest BCUT2D eigenvalue weighted by Gasteiger charge is 2.25. The van der Waals surface area contributed by atoms with Gasteiger partial charge in [-0.25, -0.2) is 15.0 Å².